The lowest BCUT2D eigenvalue weighted by molar-refractivity contribution is 0.0966. The highest BCUT2D eigenvalue weighted by molar-refractivity contribution is 7.22. The maximum atomic E-state index is 9.06. The number of methoxy groups -OCH3 is 1. The molecule has 16 heavy (non-hydrogen) atoms. The second-order valence-corrected chi connectivity index (χ2v) is 5.12. The first-order valence-electron chi connectivity index (χ1n) is 5.28. The molecule has 0 bridgehead atoms. The lowest BCUT2D eigenvalue weighted by Crippen LogP contribution is -2.26. The highest BCUT2D eigenvalue weighted by Gasteiger charge is 2.22. The molecule has 0 aliphatic rings. The molecule has 6 heteroatoms. The van der Waals surface area contributed by atoms with Crippen LogP contribution in [-0.2, 0) is 4.74 Å². The van der Waals surface area contributed by atoms with Gasteiger partial charge in [0.25, 0.3) is 0 Å². The zero-order valence-electron chi connectivity index (χ0n) is 9.44. The lowest BCUT2D eigenvalue weighted by Gasteiger charge is -2.13. The third kappa shape index (κ3) is 3.47. The zero-order chi connectivity index (χ0) is 12.1. The summed E-state index contributed by atoms with van der Waals surface area (Å²) in [5.41, 5.74) is 0. The second-order valence-electron chi connectivity index (χ2n) is 3.60. The van der Waals surface area contributed by atoms with Crippen molar-refractivity contribution in [3.05, 3.63) is 16.0 Å². The van der Waals surface area contributed by atoms with Gasteiger partial charge in [-0.25, -0.2) is 0 Å². The van der Waals surface area contributed by atoms with E-state index in [1.54, 1.807) is 13.2 Å². The van der Waals surface area contributed by atoms with E-state index in [2.05, 4.69) is 6.92 Å². The molecule has 0 fully saturated rings. The Labute approximate surface area is 105 Å². The van der Waals surface area contributed by atoms with E-state index in [9.17, 15) is 0 Å². The highest BCUT2D eigenvalue weighted by Crippen LogP contribution is 2.32. The molecule has 90 valence electrons. The number of halogens is 1. The molecule has 1 unspecified atom stereocenters. The van der Waals surface area contributed by atoms with E-state index in [1.807, 2.05) is 0 Å². The second kappa shape index (κ2) is 6.62. The number of unbranched alkanes of at least 4 members (excludes halogenated alkanes) is 1. The van der Waals surface area contributed by atoms with E-state index >= 15 is 0 Å². The molecule has 3 nitrogen and oxygen atoms in total. The van der Waals surface area contributed by atoms with Crippen LogP contribution in [-0.4, -0.2) is 24.3 Å². The summed E-state index contributed by atoms with van der Waals surface area (Å²) < 4.78 is 5.83. The minimum Gasteiger partial charge on any atom is -0.423 e. The van der Waals surface area contributed by atoms with Crippen molar-refractivity contribution in [1.82, 2.24) is 0 Å². The summed E-state index contributed by atoms with van der Waals surface area (Å²) in [5.74, 6) is 0. The van der Waals surface area contributed by atoms with Crippen molar-refractivity contribution in [3.63, 3.8) is 0 Å². The van der Waals surface area contributed by atoms with E-state index in [4.69, 9.17) is 26.4 Å². The normalized spacial score (nSPS) is 12.8. The predicted molar refractivity (Wildman–Crippen MR) is 68.4 cm³/mol. The average Bonchev–Trinajstić information content (AvgIpc) is 2.62. The topological polar surface area (TPSA) is 49.7 Å². The van der Waals surface area contributed by atoms with Crippen LogP contribution in [0.3, 0.4) is 0 Å². The molecule has 1 aromatic rings. The molecule has 0 radical (unpaired) electrons. The van der Waals surface area contributed by atoms with Crippen molar-refractivity contribution in [2.45, 2.75) is 32.3 Å². The van der Waals surface area contributed by atoms with Gasteiger partial charge in [-0.2, -0.15) is 0 Å². The maximum absolute atomic E-state index is 9.06. The van der Waals surface area contributed by atoms with Gasteiger partial charge in [0.05, 0.1) is 16.0 Å². The van der Waals surface area contributed by atoms with E-state index < -0.39 is 7.12 Å². The van der Waals surface area contributed by atoms with Gasteiger partial charge in [0.15, 0.2) is 0 Å². The Bertz CT molecular complexity index is 330. The van der Waals surface area contributed by atoms with Crippen LogP contribution in [0.2, 0.25) is 5.02 Å². The van der Waals surface area contributed by atoms with Gasteiger partial charge in [-0.15, -0.1) is 11.3 Å². The standard InChI is InChI=1S/C10H16BClO3S/c1-3-4-5-8(15-2)10-7(12)6-9(16-10)11(13)14/h6,8,13-14H,3-5H2,1-2H3. The predicted octanol–water partition coefficient (Wildman–Crippen LogP) is 1.96. The van der Waals surface area contributed by atoms with Crippen LogP contribution in [0.5, 0.6) is 0 Å². The quantitative estimate of drug-likeness (QED) is 0.771. The first-order chi connectivity index (χ1) is 7.60. The SMILES string of the molecule is CCCCC(OC)c1sc(B(O)O)cc1Cl. The van der Waals surface area contributed by atoms with Crippen LogP contribution in [0.25, 0.3) is 0 Å². The molecule has 1 heterocycles. The first-order valence-corrected chi connectivity index (χ1v) is 6.47. The molecule has 1 rings (SSSR count). The van der Waals surface area contributed by atoms with Gasteiger partial charge in [0.2, 0.25) is 0 Å². The average molecular weight is 263 g/mol. The van der Waals surface area contributed by atoms with Crippen LogP contribution in [0.1, 0.15) is 37.2 Å². The van der Waals surface area contributed by atoms with Gasteiger partial charge < -0.3 is 14.8 Å². The minimum atomic E-state index is -1.46. The van der Waals surface area contributed by atoms with E-state index in [-0.39, 0.29) is 6.10 Å². The number of rotatable bonds is 6. The Morgan fingerprint density at radius 3 is 2.69 bits per heavy atom. The van der Waals surface area contributed by atoms with Gasteiger partial charge in [-0.05, 0) is 12.5 Å². The molecule has 2 N–H and O–H groups in total. The fourth-order valence-electron chi connectivity index (χ4n) is 1.49. The van der Waals surface area contributed by atoms with Crippen LogP contribution in [0.4, 0.5) is 0 Å². The van der Waals surface area contributed by atoms with Gasteiger partial charge in [-0.1, -0.05) is 31.4 Å². The van der Waals surface area contributed by atoms with E-state index in [1.165, 1.54) is 11.3 Å². The van der Waals surface area contributed by atoms with Crippen molar-refractivity contribution in [3.8, 4) is 0 Å². The van der Waals surface area contributed by atoms with Crippen molar-refractivity contribution in [2.75, 3.05) is 7.11 Å². The Hall–Kier alpha value is -0.0651. The Morgan fingerprint density at radius 2 is 2.25 bits per heavy atom. The fraction of sp³-hybridized carbons (Fsp3) is 0.600. The summed E-state index contributed by atoms with van der Waals surface area (Å²) in [7, 11) is 0.186. The smallest absolute Gasteiger partial charge is 0.423 e. The van der Waals surface area contributed by atoms with Crippen LogP contribution >= 0.6 is 22.9 Å². The highest BCUT2D eigenvalue weighted by atomic mass is 35.5. The van der Waals surface area contributed by atoms with Crippen LogP contribution < -0.4 is 4.78 Å². The van der Waals surface area contributed by atoms with E-state index in [0.717, 1.165) is 24.1 Å². The Kier molecular flexibility index (Phi) is 5.79. The molecule has 0 aromatic carbocycles. The molecule has 1 atom stereocenters. The third-order valence-electron chi connectivity index (χ3n) is 2.38. The van der Waals surface area contributed by atoms with Crippen molar-refractivity contribution < 1.29 is 14.8 Å². The summed E-state index contributed by atoms with van der Waals surface area (Å²) in [5, 5.41) is 18.7. The van der Waals surface area contributed by atoms with Gasteiger partial charge >= 0.3 is 7.12 Å². The molecule has 0 saturated heterocycles. The van der Waals surface area contributed by atoms with Crippen molar-refractivity contribution >= 4 is 34.8 Å². The maximum Gasteiger partial charge on any atom is 0.499 e. The van der Waals surface area contributed by atoms with E-state index in [0.29, 0.717) is 9.80 Å². The van der Waals surface area contributed by atoms with Gasteiger partial charge in [0, 0.05) is 11.9 Å². The molecule has 0 spiro atoms. The summed E-state index contributed by atoms with van der Waals surface area (Å²) in [4.78, 5) is 0.876. The van der Waals surface area contributed by atoms with Crippen molar-refractivity contribution in [2.24, 2.45) is 0 Å². The third-order valence-corrected chi connectivity index (χ3v) is 4.08. The molecule has 0 aliphatic heterocycles. The molecular formula is C10H16BClO3S. The zero-order valence-corrected chi connectivity index (χ0v) is 11.0. The fourth-order valence-corrected chi connectivity index (χ4v) is 2.95. The molecule has 0 aliphatic carbocycles. The van der Waals surface area contributed by atoms with Crippen LogP contribution in [0, 0.1) is 0 Å². The van der Waals surface area contributed by atoms with Gasteiger partial charge in [-0.3, -0.25) is 0 Å². The first kappa shape index (κ1) is 14.0. The number of hydrogen-bond acceptors (Lipinski definition) is 4. The molecular weight excluding hydrogens is 246 g/mol. The minimum absolute atomic E-state index is 0.0510. The van der Waals surface area contributed by atoms with Gasteiger partial charge in [0.1, 0.15) is 0 Å². The van der Waals surface area contributed by atoms with Crippen molar-refractivity contribution in [1.29, 1.82) is 0 Å². The molecule has 0 saturated carbocycles. The summed E-state index contributed by atoms with van der Waals surface area (Å²) in [6.45, 7) is 2.12. The Balaban J connectivity index is 2.83. The number of thiophene rings is 1. The Morgan fingerprint density at radius 1 is 1.56 bits per heavy atom. The van der Waals surface area contributed by atoms with Crippen LogP contribution in [0.15, 0.2) is 6.07 Å². The molecule has 1 aromatic heterocycles. The lowest BCUT2D eigenvalue weighted by atomic mass is 9.90. The number of hydrogen-bond donors (Lipinski definition) is 2. The summed E-state index contributed by atoms with van der Waals surface area (Å²) >= 11 is 7.34. The monoisotopic (exact) mass is 262 g/mol. The summed E-state index contributed by atoms with van der Waals surface area (Å²) in [6, 6.07) is 1.59. The largest absolute Gasteiger partial charge is 0.499 e. The summed E-state index contributed by atoms with van der Waals surface area (Å²) in [6.07, 6.45) is 3.00. The number of ether oxygens (including phenoxy) is 1. The molecule has 0 amide bonds.